The Balaban J connectivity index is 2.43. The van der Waals surface area contributed by atoms with E-state index in [-0.39, 0.29) is 16.5 Å². The predicted octanol–water partition coefficient (Wildman–Crippen LogP) is 4.05. The normalized spacial score (nSPS) is 11.4. The van der Waals surface area contributed by atoms with Crippen molar-refractivity contribution in [1.82, 2.24) is 0 Å². The second-order valence-electron chi connectivity index (χ2n) is 4.15. The van der Waals surface area contributed by atoms with Crippen molar-refractivity contribution in [3.8, 4) is 0 Å². The van der Waals surface area contributed by atoms with E-state index in [0.29, 0.717) is 20.7 Å². The van der Waals surface area contributed by atoms with Crippen LogP contribution in [0.15, 0.2) is 45.8 Å². The molecule has 0 bridgehead atoms. The van der Waals surface area contributed by atoms with E-state index in [4.69, 9.17) is 28.3 Å². The minimum absolute atomic E-state index is 0.0739. The molecular weight excluding hydrogens is 401 g/mol. The Hall–Kier alpha value is -0.790. The zero-order valence-electron chi connectivity index (χ0n) is 10.5. The zero-order chi connectivity index (χ0) is 15.6. The van der Waals surface area contributed by atoms with E-state index < -0.39 is 10.0 Å². The topological polar surface area (TPSA) is 66.4 Å². The Labute approximate surface area is 140 Å². The highest BCUT2D eigenvalue weighted by atomic mass is 79.9. The molecule has 0 aliphatic rings. The largest absolute Gasteiger partial charge is 0.392 e. The molecule has 0 fully saturated rings. The molecule has 2 aromatic carbocycles. The van der Waals surface area contributed by atoms with Gasteiger partial charge in [-0.1, -0.05) is 29.3 Å². The summed E-state index contributed by atoms with van der Waals surface area (Å²) in [5.41, 5.74) is 0.791. The molecule has 2 aromatic rings. The quantitative estimate of drug-likeness (QED) is 0.798. The van der Waals surface area contributed by atoms with E-state index in [0.717, 1.165) is 0 Å². The fourth-order valence-corrected chi connectivity index (χ4v) is 4.17. The Morgan fingerprint density at radius 1 is 1.14 bits per heavy atom. The summed E-state index contributed by atoms with van der Waals surface area (Å²) in [5.74, 6) is 0. The van der Waals surface area contributed by atoms with Gasteiger partial charge in [0.15, 0.2) is 0 Å². The third-order valence-electron chi connectivity index (χ3n) is 2.64. The van der Waals surface area contributed by atoms with Crippen molar-refractivity contribution in [3.63, 3.8) is 0 Å². The van der Waals surface area contributed by atoms with Crippen LogP contribution in [-0.4, -0.2) is 13.5 Å². The second kappa shape index (κ2) is 6.54. The van der Waals surface area contributed by atoms with E-state index in [1.165, 1.54) is 18.2 Å². The maximum absolute atomic E-state index is 12.4. The molecule has 0 aliphatic heterocycles. The van der Waals surface area contributed by atoms with Crippen LogP contribution < -0.4 is 4.72 Å². The molecule has 4 nitrogen and oxygen atoms in total. The summed E-state index contributed by atoms with van der Waals surface area (Å²) in [6.45, 7) is -0.273. The van der Waals surface area contributed by atoms with Gasteiger partial charge in [-0.05, 0) is 51.8 Å². The molecule has 0 radical (unpaired) electrons. The first-order chi connectivity index (χ1) is 9.83. The molecule has 0 spiro atoms. The molecule has 2 N–H and O–H groups in total. The lowest BCUT2D eigenvalue weighted by atomic mass is 10.2. The van der Waals surface area contributed by atoms with Crippen LogP contribution in [0.3, 0.4) is 0 Å². The number of halogens is 3. The molecule has 21 heavy (non-hydrogen) atoms. The summed E-state index contributed by atoms with van der Waals surface area (Å²) < 4.78 is 27.7. The summed E-state index contributed by atoms with van der Waals surface area (Å²) in [7, 11) is -3.88. The van der Waals surface area contributed by atoms with Gasteiger partial charge in [-0.15, -0.1) is 0 Å². The van der Waals surface area contributed by atoms with Gasteiger partial charge in [-0.2, -0.15) is 0 Å². The molecule has 112 valence electrons. The molecule has 0 aliphatic carbocycles. The van der Waals surface area contributed by atoms with Crippen molar-refractivity contribution in [3.05, 3.63) is 56.5 Å². The SMILES string of the molecule is O=S(=O)(Nc1ccc(Cl)cc1Br)c1cc(CO)ccc1Cl. The maximum Gasteiger partial charge on any atom is 0.263 e. The molecule has 0 atom stereocenters. The van der Waals surface area contributed by atoms with Crippen LogP contribution in [0.1, 0.15) is 5.56 Å². The number of rotatable bonds is 4. The molecule has 2 rings (SSSR count). The molecule has 0 amide bonds. The third kappa shape index (κ3) is 3.90. The monoisotopic (exact) mass is 409 g/mol. The standard InChI is InChI=1S/C13H10BrCl2NO3S/c14-10-6-9(15)2-4-12(10)17-21(19,20)13-5-8(7-18)1-3-11(13)16/h1-6,17-18H,7H2. The van der Waals surface area contributed by atoms with Crippen LogP contribution in [0, 0.1) is 0 Å². The van der Waals surface area contributed by atoms with E-state index in [9.17, 15) is 8.42 Å². The fourth-order valence-electron chi connectivity index (χ4n) is 1.62. The molecular formula is C13H10BrCl2NO3S. The number of nitrogens with one attached hydrogen (secondary N) is 1. The van der Waals surface area contributed by atoms with Crippen molar-refractivity contribution in [1.29, 1.82) is 0 Å². The van der Waals surface area contributed by atoms with Crippen LogP contribution in [-0.2, 0) is 16.6 Å². The average Bonchev–Trinajstić information content (AvgIpc) is 2.42. The van der Waals surface area contributed by atoms with Crippen molar-refractivity contribution < 1.29 is 13.5 Å². The Morgan fingerprint density at radius 2 is 1.86 bits per heavy atom. The van der Waals surface area contributed by atoms with Crippen LogP contribution in [0.2, 0.25) is 10.0 Å². The molecule has 0 aromatic heterocycles. The highest BCUT2D eigenvalue weighted by Gasteiger charge is 2.19. The van der Waals surface area contributed by atoms with Crippen LogP contribution >= 0.6 is 39.1 Å². The number of sulfonamides is 1. The van der Waals surface area contributed by atoms with E-state index in [2.05, 4.69) is 20.7 Å². The number of aliphatic hydroxyl groups excluding tert-OH is 1. The van der Waals surface area contributed by atoms with Gasteiger partial charge in [0, 0.05) is 9.50 Å². The Bertz CT molecular complexity index is 781. The summed E-state index contributed by atoms with van der Waals surface area (Å²) in [6.07, 6.45) is 0. The smallest absolute Gasteiger partial charge is 0.263 e. The minimum atomic E-state index is -3.88. The highest BCUT2D eigenvalue weighted by molar-refractivity contribution is 9.10. The van der Waals surface area contributed by atoms with Gasteiger partial charge in [-0.25, -0.2) is 8.42 Å². The van der Waals surface area contributed by atoms with E-state index in [1.807, 2.05) is 0 Å². The van der Waals surface area contributed by atoms with Crippen molar-refractivity contribution >= 4 is 54.8 Å². The number of anilines is 1. The van der Waals surface area contributed by atoms with Gasteiger partial charge in [0.25, 0.3) is 10.0 Å². The minimum Gasteiger partial charge on any atom is -0.392 e. The maximum atomic E-state index is 12.4. The first-order valence-electron chi connectivity index (χ1n) is 5.70. The second-order valence-corrected chi connectivity index (χ2v) is 7.50. The van der Waals surface area contributed by atoms with E-state index >= 15 is 0 Å². The van der Waals surface area contributed by atoms with Gasteiger partial charge in [0.05, 0.1) is 17.3 Å². The van der Waals surface area contributed by atoms with Gasteiger partial charge >= 0.3 is 0 Å². The van der Waals surface area contributed by atoms with Gasteiger partial charge in [-0.3, -0.25) is 4.72 Å². The van der Waals surface area contributed by atoms with Crippen molar-refractivity contribution in [2.45, 2.75) is 11.5 Å². The summed E-state index contributed by atoms with van der Waals surface area (Å²) in [5, 5.41) is 9.65. The number of hydrogen-bond acceptors (Lipinski definition) is 3. The number of hydrogen-bond donors (Lipinski definition) is 2. The molecule has 0 heterocycles. The third-order valence-corrected chi connectivity index (χ3v) is 5.38. The molecule has 8 heteroatoms. The van der Waals surface area contributed by atoms with Crippen molar-refractivity contribution in [2.24, 2.45) is 0 Å². The first-order valence-corrected chi connectivity index (χ1v) is 8.74. The fraction of sp³-hybridized carbons (Fsp3) is 0.0769. The van der Waals surface area contributed by atoms with Crippen molar-refractivity contribution in [2.75, 3.05) is 4.72 Å². The van der Waals surface area contributed by atoms with Crippen LogP contribution in [0.5, 0.6) is 0 Å². The van der Waals surface area contributed by atoms with E-state index in [1.54, 1.807) is 18.2 Å². The summed E-state index contributed by atoms with van der Waals surface area (Å²) >= 11 is 15.0. The molecule has 0 saturated heterocycles. The van der Waals surface area contributed by atoms with Crippen LogP contribution in [0.4, 0.5) is 5.69 Å². The zero-order valence-corrected chi connectivity index (χ0v) is 14.4. The molecule has 0 unspecified atom stereocenters. The van der Waals surface area contributed by atoms with Gasteiger partial charge in [0.1, 0.15) is 4.90 Å². The predicted molar refractivity (Wildman–Crippen MR) is 87.3 cm³/mol. The summed E-state index contributed by atoms with van der Waals surface area (Å²) in [6, 6.07) is 8.99. The number of benzene rings is 2. The lowest BCUT2D eigenvalue weighted by molar-refractivity contribution is 0.281. The lowest BCUT2D eigenvalue weighted by Crippen LogP contribution is -2.14. The van der Waals surface area contributed by atoms with Gasteiger partial charge in [0.2, 0.25) is 0 Å². The Kier molecular flexibility index (Phi) is 5.16. The number of aliphatic hydroxyl groups is 1. The molecule has 0 saturated carbocycles. The Morgan fingerprint density at radius 3 is 2.48 bits per heavy atom. The lowest BCUT2D eigenvalue weighted by Gasteiger charge is -2.12. The van der Waals surface area contributed by atoms with Crippen LogP contribution in [0.25, 0.3) is 0 Å². The summed E-state index contributed by atoms with van der Waals surface area (Å²) in [4.78, 5) is -0.0995. The highest BCUT2D eigenvalue weighted by Crippen LogP contribution is 2.30. The average molecular weight is 411 g/mol. The first kappa shape index (κ1) is 16.6. The van der Waals surface area contributed by atoms with Gasteiger partial charge < -0.3 is 5.11 Å².